The quantitative estimate of drug-likeness (QED) is 0.498. The number of nitrogens with two attached hydrogens (primary N) is 2. The van der Waals surface area contributed by atoms with Crippen molar-refractivity contribution in [3.8, 4) is 0 Å². The monoisotopic (exact) mass is 226 g/mol. The molecule has 0 bridgehead atoms. The van der Waals surface area contributed by atoms with Gasteiger partial charge in [-0.1, -0.05) is 0 Å². The number of primary amides is 1. The Balaban J connectivity index is 2.54. The Bertz CT molecular complexity index is 285. The maximum atomic E-state index is 11.0. The van der Waals surface area contributed by atoms with Crippen molar-refractivity contribution >= 4 is 11.9 Å². The molecule has 1 heterocycles. The average Bonchev–Trinajstić information content (AvgIpc) is 2.15. The van der Waals surface area contributed by atoms with Gasteiger partial charge in [0.25, 0.3) is 0 Å². The third-order valence-electron chi connectivity index (χ3n) is 2.67. The van der Waals surface area contributed by atoms with E-state index in [4.69, 9.17) is 11.5 Å². The smallest absolute Gasteiger partial charge is 0.220 e. The minimum Gasteiger partial charge on any atom is -0.370 e. The number of carbonyl (C=O) groups excluding carboxylic acids is 1. The van der Waals surface area contributed by atoms with Gasteiger partial charge in [0.1, 0.15) is 0 Å². The normalized spacial score (nSPS) is 19.9. The third-order valence-corrected chi connectivity index (χ3v) is 2.67. The molecule has 1 fully saturated rings. The van der Waals surface area contributed by atoms with E-state index < -0.39 is 0 Å². The lowest BCUT2D eigenvalue weighted by atomic mass is 9.96. The summed E-state index contributed by atoms with van der Waals surface area (Å²) in [5.41, 5.74) is 11.0. The van der Waals surface area contributed by atoms with E-state index in [9.17, 15) is 4.79 Å². The molecule has 1 saturated heterocycles. The number of hydrogen-bond donors (Lipinski definition) is 2. The largest absolute Gasteiger partial charge is 0.370 e. The Kier molecular flexibility index (Phi) is 3.78. The molecule has 1 amide bonds. The summed E-state index contributed by atoms with van der Waals surface area (Å²) in [7, 11) is 0. The molecule has 1 rings (SSSR count). The first-order chi connectivity index (χ1) is 7.29. The SMILES string of the molecule is CC(C)(C)N=C(N)N1CCC(C(N)=O)CC1. The Morgan fingerprint density at radius 3 is 2.12 bits per heavy atom. The molecule has 5 heteroatoms. The Morgan fingerprint density at radius 2 is 1.75 bits per heavy atom. The molecule has 0 aromatic rings. The molecule has 0 saturated carbocycles. The Hall–Kier alpha value is -1.26. The molecule has 0 unspecified atom stereocenters. The number of amides is 1. The highest BCUT2D eigenvalue weighted by Crippen LogP contribution is 2.17. The van der Waals surface area contributed by atoms with Crippen LogP contribution in [0.15, 0.2) is 4.99 Å². The molecule has 0 spiro atoms. The summed E-state index contributed by atoms with van der Waals surface area (Å²) in [4.78, 5) is 17.4. The first-order valence-electron chi connectivity index (χ1n) is 5.69. The molecule has 4 N–H and O–H groups in total. The van der Waals surface area contributed by atoms with Crippen LogP contribution in [-0.4, -0.2) is 35.4 Å². The van der Waals surface area contributed by atoms with Gasteiger partial charge in [0.05, 0.1) is 5.54 Å². The predicted molar refractivity (Wildman–Crippen MR) is 64.9 cm³/mol. The van der Waals surface area contributed by atoms with E-state index in [1.165, 1.54) is 0 Å². The lowest BCUT2D eigenvalue weighted by Crippen LogP contribution is -2.46. The number of aliphatic imine (C=N–C) groups is 1. The fraction of sp³-hybridized carbons (Fsp3) is 0.818. The molecule has 92 valence electrons. The van der Waals surface area contributed by atoms with Gasteiger partial charge in [0, 0.05) is 19.0 Å². The number of hydrogen-bond acceptors (Lipinski definition) is 2. The lowest BCUT2D eigenvalue weighted by molar-refractivity contribution is -0.122. The van der Waals surface area contributed by atoms with Gasteiger partial charge in [-0.05, 0) is 33.6 Å². The maximum Gasteiger partial charge on any atom is 0.220 e. The van der Waals surface area contributed by atoms with E-state index in [-0.39, 0.29) is 17.4 Å². The van der Waals surface area contributed by atoms with Crippen molar-refractivity contribution in [1.82, 2.24) is 4.90 Å². The van der Waals surface area contributed by atoms with E-state index >= 15 is 0 Å². The maximum absolute atomic E-state index is 11.0. The van der Waals surface area contributed by atoms with E-state index in [0.717, 1.165) is 25.9 Å². The van der Waals surface area contributed by atoms with Crippen LogP contribution < -0.4 is 11.5 Å². The van der Waals surface area contributed by atoms with Crippen molar-refractivity contribution in [2.24, 2.45) is 22.4 Å². The number of guanidine groups is 1. The van der Waals surface area contributed by atoms with Crippen LogP contribution in [0.4, 0.5) is 0 Å². The fourth-order valence-electron chi connectivity index (χ4n) is 1.81. The predicted octanol–water partition coefficient (Wildman–Crippen LogP) is 0.297. The van der Waals surface area contributed by atoms with Crippen LogP contribution in [0.25, 0.3) is 0 Å². The molecule has 0 aromatic carbocycles. The summed E-state index contributed by atoms with van der Waals surface area (Å²) >= 11 is 0. The lowest BCUT2D eigenvalue weighted by Gasteiger charge is -2.32. The molecular formula is C11H22N4O. The van der Waals surface area contributed by atoms with Crippen LogP contribution in [-0.2, 0) is 4.79 Å². The van der Waals surface area contributed by atoms with Crippen molar-refractivity contribution in [1.29, 1.82) is 0 Å². The van der Waals surface area contributed by atoms with Crippen LogP contribution in [0.5, 0.6) is 0 Å². The molecule has 16 heavy (non-hydrogen) atoms. The van der Waals surface area contributed by atoms with Crippen molar-refractivity contribution < 1.29 is 4.79 Å². The van der Waals surface area contributed by atoms with Gasteiger partial charge >= 0.3 is 0 Å². The van der Waals surface area contributed by atoms with Crippen LogP contribution in [0.1, 0.15) is 33.6 Å². The summed E-state index contributed by atoms with van der Waals surface area (Å²) < 4.78 is 0. The first-order valence-corrected chi connectivity index (χ1v) is 5.69. The molecule has 1 aliphatic rings. The standard InChI is InChI=1S/C11H22N4O/c1-11(2,3)14-10(13)15-6-4-8(5-7-15)9(12)16/h8H,4-7H2,1-3H3,(H2,12,16)(H2,13,14). The zero-order chi connectivity index (χ0) is 12.3. The van der Waals surface area contributed by atoms with Crippen molar-refractivity contribution in [2.75, 3.05) is 13.1 Å². The highest BCUT2D eigenvalue weighted by Gasteiger charge is 2.24. The highest BCUT2D eigenvalue weighted by atomic mass is 16.1. The van der Waals surface area contributed by atoms with Crippen molar-refractivity contribution in [3.63, 3.8) is 0 Å². The second kappa shape index (κ2) is 4.72. The molecule has 1 aliphatic heterocycles. The molecule has 5 nitrogen and oxygen atoms in total. The molecule has 0 radical (unpaired) electrons. The highest BCUT2D eigenvalue weighted by molar-refractivity contribution is 5.80. The summed E-state index contributed by atoms with van der Waals surface area (Å²) in [6.07, 6.45) is 1.55. The molecule has 0 aliphatic carbocycles. The van der Waals surface area contributed by atoms with Gasteiger partial charge in [-0.2, -0.15) is 0 Å². The van der Waals surface area contributed by atoms with Gasteiger partial charge in [-0.3, -0.25) is 4.79 Å². The summed E-state index contributed by atoms with van der Waals surface area (Å²) in [5.74, 6) is 0.361. The second-order valence-corrected chi connectivity index (χ2v) is 5.30. The van der Waals surface area contributed by atoms with Crippen LogP contribution in [0.3, 0.4) is 0 Å². The number of rotatable bonds is 1. The number of nitrogens with zero attached hydrogens (tertiary/aromatic N) is 2. The minimum atomic E-state index is -0.203. The van der Waals surface area contributed by atoms with Gasteiger partial charge in [0.15, 0.2) is 5.96 Å². The molecule has 0 atom stereocenters. The zero-order valence-electron chi connectivity index (χ0n) is 10.4. The van der Waals surface area contributed by atoms with E-state index in [0.29, 0.717) is 5.96 Å². The van der Waals surface area contributed by atoms with Gasteiger partial charge < -0.3 is 16.4 Å². The summed E-state index contributed by atoms with van der Waals surface area (Å²) in [5, 5.41) is 0. The van der Waals surface area contributed by atoms with Gasteiger partial charge in [-0.25, -0.2) is 4.99 Å². The Labute approximate surface area is 96.9 Å². The number of carbonyl (C=O) groups is 1. The number of piperidine rings is 1. The third kappa shape index (κ3) is 3.72. The topological polar surface area (TPSA) is 84.7 Å². The minimum absolute atomic E-state index is 0.00122. The summed E-state index contributed by atoms with van der Waals surface area (Å²) in [6, 6.07) is 0. The first kappa shape index (κ1) is 12.8. The van der Waals surface area contributed by atoms with Crippen molar-refractivity contribution in [3.05, 3.63) is 0 Å². The van der Waals surface area contributed by atoms with Crippen molar-refractivity contribution in [2.45, 2.75) is 39.2 Å². The van der Waals surface area contributed by atoms with E-state index in [2.05, 4.69) is 4.99 Å². The average molecular weight is 226 g/mol. The Morgan fingerprint density at radius 1 is 1.25 bits per heavy atom. The molecule has 0 aromatic heterocycles. The summed E-state index contributed by atoms with van der Waals surface area (Å²) in [6.45, 7) is 7.56. The van der Waals surface area contributed by atoms with Crippen LogP contribution in [0, 0.1) is 5.92 Å². The van der Waals surface area contributed by atoms with E-state index in [1.807, 2.05) is 25.7 Å². The van der Waals surface area contributed by atoms with Gasteiger partial charge in [-0.15, -0.1) is 0 Å². The fourth-order valence-corrected chi connectivity index (χ4v) is 1.81. The van der Waals surface area contributed by atoms with Crippen LogP contribution >= 0.6 is 0 Å². The molecular weight excluding hydrogens is 204 g/mol. The number of likely N-dealkylation sites (tertiary alicyclic amines) is 1. The van der Waals surface area contributed by atoms with E-state index in [1.54, 1.807) is 0 Å². The second-order valence-electron chi connectivity index (χ2n) is 5.30. The zero-order valence-corrected chi connectivity index (χ0v) is 10.4. The van der Waals surface area contributed by atoms with Crippen LogP contribution in [0.2, 0.25) is 0 Å². The van der Waals surface area contributed by atoms with Gasteiger partial charge in [0.2, 0.25) is 5.91 Å².